The Morgan fingerprint density at radius 3 is 2.53 bits per heavy atom. The maximum atomic E-state index is 12.1. The number of amides is 1. The summed E-state index contributed by atoms with van der Waals surface area (Å²) in [6.45, 7) is 8.36. The van der Waals surface area contributed by atoms with Crippen LogP contribution in [0.25, 0.3) is 0 Å². The van der Waals surface area contributed by atoms with E-state index < -0.39 is 5.60 Å². The Hall–Kier alpha value is -1.26. The Morgan fingerprint density at radius 1 is 1.26 bits per heavy atom. The summed E-state index contributed by atoms with van der Waals surface area (Å²) in [6, 6.07) is -0.0427. The van der Waals surface area contributed by atoms with E-state index in [-0.39, 0.29) is 29.9 Å². The van der Waals surface area contributed by atoms with Crippen molar-refractivity contribution < 1.29 is 19.1 Å². The zero-order valence-corrected chi connectivity index (χ0v) is 12.1. The Kier molecular flexibility index (Phi) is 3.74. The van der Waals surface area contributed by atoms with Crippen LogP contribution < -0.4 is 0 Å². The SMILES string of the molecule is CCOC(=O)C1C2CCC1N(C(=O)OC(C)(C)C)C2. The van der Waals surface area contributed by atoms with Gasteiger partial charge in [-0.15, -0.1) is 0 Å². The molecule has 1 aliphatic carbocycles. The molecule has 2 rings (SSSR count). The average molecular weight is 269 g/mol. The normalized spacial score (nSPS) is 29.5. The van der Waals surface area contributed by atoms with E-state index in [4.69, 9.17) is 9.47 Å². The number of fused-ring (bicyclic) bond motifs is 2. The molecule has 0 spiro atoms. The third kappa shape index (κ3) is 2.85. The van der Waals surface area contributed by atoms with Crippen LogP contribution >= 0.6 is 0 Å². The van der Waals surface area contributed by atoms with Crippen molar-refractivity contribution >= 4 is 12.1 Å². The van der Waals surface area contributed by atoms with Crippen LogP contribution in [-0.4, -0.2) is 41.8 Å². The van der Waals surface area contributed by atoms with Crippen molar-refractivity contribution in [3.8, 4) is 0 Å². The predicted octanol–water partition coefficient (Wildman–Crippen LogP) is 2.20. The Morgan fingerprint density at radius 2 is 1.95 bits per heavy atom. The largest absolute Gasteiger partial charge is 0.466 e. The van der Waals surface area contributed by atoms with Gasteiger partial charge in [0.2, 0.25) is 0 Å². The third-order valence-corrected chi connectivity index (χ3v) is 3.77. The van der Waals surface area contributed by atoms with E-state index in [1.165, 1.54) is 0 Å². The minimum atomic E-state index is -0.502. The molecule has 108 valence electrons. The second-order valence-corrected chi connectivity index (χ2v) is 6.32. The van der Waals surface area contributed by atoms with Crippen molar-refractivity contribution in [1.82, 2.24) is 4.90 Å². The fraction of sp³-hybridized carbons (Fsp3) is 0.857. The van der Waals surface area contributed by atoms with Gasteiger partial charge >= 0.3 is 12.1 Å². The highest BCUT2D eigenvalue weighted by molar-refractivity contribution is 5.77. The maximum Gasteiger partial charge on any atom is 0.410 e. The summed E-state index contributed by atoms with van der Waals surface area (Å²) in [6.07, 6.45) is 1.55. The van der Waals surface area contributed by atoms with Crippen molar-refractivity contribution in [2.75, 3.05) is 13.2 Å². The molecular formula is C14H23NO4. The highest BCUT2D eigenvalue weighted by atomic mass is 16.6. The molecule has 1 saturated heterocycles. The number of likely N-dealkylation sites (tertiary alicyclic amines) is 1. The summed E-state index contributed by atoms with van der Waals surface area (Å²) in [7, 11) is 0. The molecule has 1 saturated carbocycles. The van der Waals surface area contributed by atoms with Gasteiger partial charge in [-0.05, 0) is 46.5 Å². The van der Waals surface area contributed by atoms with Gasteiger partial charge in [0.05, 0.1) is 12.5 Å². The number of hydrogen-bond acceptors (Lipinski definition) is 4. The number of hydrogen-bond donors (Lipinski definition) is 0. The van der Waals surface area contributed by atoms with Crippen molar-refractivity contribution in [3.63, 3.8) is 0 Å². The summed E-state index contributed by atoms with van der Waals surface area (Å²) in [4.78, 5) is 25.8. The zero-order valence-electron chi connectivity index (χ0n) is 12.1. The van der Waals surface area contributed by atoms with E-state index in [9.17, 15) is 9.59 Å². The van der Waals surface area contributed by atoms with Crippen LogP contribution in [0.1, 0.15) is 40.5 Å². The van der Waals surface area contributed by atoms with Crippen LogP contribution in [0.5, 0.6) is 0 Å². The van der Waals surface area contributed by atoms with Gasteiger partial charge in [-0.25, -0.2) is 4.79 Å². The van der Waals surface area contributed by atoms with Gasteiger partial charge in [0.15, 0.2) is 0 Å². The fourth-order valence-electron chi connectivity index (χ4n) is 3.12. The summed E-state index contributed by atoms with van der Waals surface area (Å²) in [5, 5.41) is 0. The molecule has 3 atom stereocenters. The predicted molar refractivity (Wildman–Crippen MR) is 69.6 cm³/mol. The van der Waals surface area contributed by atoms with E-state index in [1.807, 2.05) is 20.8 Å². The van der Waals surface area contributed by atoms with Gasteiger partial charge < -0.3 is 14.4 Å². The lowest BCUT2D eigenvalue weighted by Gasteiger charge is -2.30. The first kappa shape index (κ1) is 14.2. The Balaban J connectivity index is 2.03. The minimum absolute atomic E-state index is 0.0427. The molecule has 2 fully saturated rings. The van der Waals surface area contributed by atoms with E-state index in [1.54, 1.807) is 11.8 Å². The number of esters is 1. The second kappa shape index (κ2) is 5.02. The number of carbonyl (C=O) groups excluding carboxylic acids is 2. The van der Waals surface area contributed by atoms with Gasteiger partial charge in [0, 0.05) is 12.6 Å². The number of nitrogens with zero attached hydrogens (tertiary/aromatic N) is 1. The van der Waals surface area contributed by atoms with Crippen LogP contribution in [0.15, 0.2) is 0 Å². The molecule has 0 radical (unpaired) electrons. The fourth-order valence-corrected chi connectivity index (χ4v) is 3.12. The monoisotopic (exact) mass is 269 g/mol. The van der Waals surface area contributed by atoms with Gasteiger partial charge in [-0.2, -0.15) is 0 Å². The zero-order chi connectivity index (χ0) is 14.2. The topological polar surface area (TPSA) is 55.8 Å². The van der Waals surface area contributed by atoms with E-state index in [0.717, 1.165) is 12.8 Å². The molecule has 1 amide bonds. The van der Waals surface area contributed by atoms with Crippen molar-refractivity contribution in [2.24, 2.45) is 11.8 Å². The summed E-state index contributed by atoms with van der Waals surface area (Å²) in [5.41, 5.74) is -0.502. The van der Waals surface area contributed by atoms with Crippen molar-refractivity contribution in [2.45, 2.75) is 52.2 Å². The number of carbonyl (C=O) groups is 2. The first-order valence-electron chi connectivity index (χ1n) is 6.99. The molecular weight excluding hydrogens is 246 g/mol. The lowest BCUT2D eigenvalue weighted by Crippen LogP contribution is -2.42. The molecule has 1 aliphatic heterocycles. The Labute approximate surface area is 114 Å². The van der Waals surface area contributed by atoms with Crippen molar-refractivity contribution in [1.29, 1.82) is 0 Å². The van der Waals surface area contributed by atoms with E-state index >= 15 is 0 Å². The first-order chi connectivity index (χ1) is 8.83. The molecule has 0 aromatic carbocycles. The molecule has 19 heavy (non-hydrogen) atoms. The molecule has 3 unspecified atom stereocenters. The highest BCUT2D eigenvalue weighted by Crippen LogP contribution is 2.43. The van der Waals surface area contributed by atoms with Gasteiger partial charge in [-0.1, -0.05) is 0 Å². The van der Waals surface area contributed by atoms with Crippen LogP contribution in [0.4, 0.5) is 4.79 Å². The van der Waals surface area contributed by atoms with E-state index in [0.29, 0.717) is 13.2 Å². The number of ether oxygens (including phenoxy) is 2. The lowest BCUT2D eigenvalue weighted by atomic mass is 9.99. The molecule has 2 aliphatic rings. The van der Waals surface area contributed by atoms with Crippen LogP contribution in [0.3, 0.4) is 0 Å². The van der Waals surface area contributed by atoms with Gasteiger partial charge in [0.25, 0.3) is 0 Å². The molecule has 5 nitrogen and oxygen atoms in total. The van der Waals surface area contributed by atoms with Crippen LogP contribution in [0.2, 0.25) is 0 Å². The highest BCUT2D eigenvalue weighted by Gasteiger charge is 2.53. The van der Waals surface area contributed by atoms with Gasteiger partial charge in [-0.3, -0.25) is 4.79 Å². The van der Waals surface area contributed by atoms with Crippen LogP contribution in [-0.2, 0) is 14.3 Å². The molecule has 2 bridgehead atoms. The molecule has 0 aromatic heterocycles. The summed E-state index contributed by atoms with van der Waals surface area (Å²) < 4.78 is 10.5. The summed E-state index contributed by atoms with van der Waals surface area (Å²) in [5.74, 6) is -0.0925. The Bertz CT molecular complexity index is 374. The number of piperidine rings is 1. The average Bonchev–Trinajstić information content (AvgIpc) is 2.83. The molecule has 5 heteroatoms. The standard InChI is InChI=1S/C14H23NO4/c1-5-18-12(16)11-9-6-7-10(11)15(8-9)13(17)19-14(2,3)4/h9-11H,5-8H2,1-4H3. The third-order valence-electron chi connectivity index (χ3n) is 3.77. The number of rotatable bonds is 2. The minimum Gasteiger partial charge on any atom is -0.466 e. The first-order valence-corrected chi connectivity index (χ1v) is 6.99. The lowest BCUT2D eigenvalue weighted by molar-refractivity contribution is -0.149. The van der Waals surface area contributed by atoms with Crippen LogP contribution in [0, 0.1) is 11.8 Å². The molecule has 0 N–H and O–H groups in total. The van der Waals surface area contributed by atoms with Crippen molar-refractivity contribution in [3.05, 3.63) is 0 Å². The summed E-state index contributed by atoms with van der Waals surface area (Å²) >= 11 is 0. The molecule has 1 heterocycles. The maximum absolute atomic E-state index is 12.1. The van der Waals surface area contributed by atoms with E-state index in [2.05, 4.69) is 0 Å². The molecule has 0 aromatic rings. The quantitative estimate of drug-likeness (QED) is 0.721. The van der Waals surface area contributed by atoms with Gasteiger partial charge in [0.1, 0.15) is 5.60 Å². The smallest absolute Gasteiger partial charge is 0.410 e. The second-order valence-electron chi connectivity index (χ2n) is 6.32.